The molecule has 35 heavy (non-hydrogen) atoms. The highest BCUT2D eigenvalue weighted by molar-refractivity contribution is 6.03. The summed E-state index contributed by atoms with van der Waals surface area (Å²) in [5.41, 5.74) is 16.1. The van der Waals surface area contributed by atoms with Crippen LogP contribution >= 0.6 is 0 Å². The summed E-state index contributed by atoms with van der Waals surface area (Å²) < 4.78 is 0. The van der Waals surface area contributed by atoms with Crippen molar-refractivity contribution in [2.45, 2.75) is 32.7 Å². The molecule has 15 heteroatoms. The summed E-state index contributed by atoms with van der Waals surface area (Å²) in [4.78, 5) is 62.8. The van der Waals surface area contributed by atoms with Crippen molar-refractivity contribution < 1.29 is 24.1 Å². The number of non-ortho nitro benzene ring substituents is 1. The summed E-state index contributed by atoms with van der Waals surface area (Å²) in [7, 11) is 0. The lowest BCUT2D eigenvalue weighted by molar-refractivity contribution is -0.384. The van der Waals surface area contributed by atoms with Crippen LogP contribution in [-0.4, -0.2) is 66.7 Å². The second kappa shape index (κ2) is 14.0. The third-order valence-electron chi connectivity index (χ3n) is 4.58. The third-order valence-corrected chi connectivity index (χ3v) is 4.58. The van der Waals surface area contributed by atoms with Crippen LogP contribution in [0.2, 0.25) is 0 Å². The lowest BCUT2D eigenvalue weighted by Crippen LogP contribution is -2.49. The van der Waals surface area contributed by atoms with Gasteiger partial charge in [-0.2, -0.15) is 0 Å². The van der Waals surface area contributed by atoms with Gasteiger partial charge in [-0.1, -0.05) is 0 Å². The summed E-state index contributed by atoms with van der Waals surface area (Å²) in [5, 5.41) is 21.4. The van der Waals surface area contributed by atoms with Gasteiger partial charge in [0.1, 0.15) is 6.04 Å². The maximum absolute atomic E-state index is 13.1. The van der Waals surface area contributed by atoms with E-state index in [2.05, 4.69) is 26.3 Å². The largest absolute Gasteiger partial charge is 0.384 e. The molecule has 192 valence electrons. The molecule has 0 aliphatic carbocycles. The first-order valence-electron chi connectivity index (χ1n) is 10.7. The lowest BCUT2D eigenvalue weighted by atomic mass is 10.0. The Hall–Kier alpha value is -4.43. The van der Waals surface area contributed by atoms with Gasteiger partial charge >= 0.3 is 0 Å². The number of benzene rings is 1. The van der Waals surface area contributed by atoms with Gasteiger partial charge in [-0.25, -0.2) is 0 Å². The number of carbonyl (C=O) groups is 4. The van der Waals surface area contributed by atoms with E-state index in [9.17, 15) is 29.3 Å². The summed E-state index contributed by atoms with van der Waals surface area (Å²) in [6.45, 7) is 3.18. The van der Waals surface area contributed by atoms with Crippen LogP contribution in [0.15, 0.2) is 17.1 Å². The van der Waals surface area contributed by atoms with Crippen molar-refractivity contribution in [3.05, 3.63) is 33.4 Å². The number of nitro benzene ring substituents is 1. The number of primary amides is 1. The van der Waals surface area contributed by atoms with Crippen LogP contribution in [0, 0.1) is 17.0 Å². The summed E-state index contributed by atoms with van der Waals surface area (Å²) in [6, 6.07) is 1.33. The van der Waals surface area contributed by atoms with Gasteiger partial charge in [0.15, 0.2) is 5.96 Å². The molecule has 0 heterocycles. The van der Waals surface area contributed by atoms with E-state index in [4.69, 9.17) is 17.2 Å². The zero-order valence-corrected chi connectivity index (χ0v) is 19.6. The molecule has 0 aromatic heterocycles. The fourth-order valence-corrected chi connectivity index (χ4v) is 3.01. The van der Waals surface area contributed by atoms with Gasteiger partial charge in [-0.3, -0.25) is 34.3 Å². The first-order valence-corrected chi connectivity index (χ1v) is 10.7. The molecule has 0 radical (unpaired) electrons. The molecule has 1 aromatic carbocycles. The van der Waals surface area contributed by atoms with Crippen LogP contribution in [0.1, 0.15) is 35.7 Å². The Morgan fingerprint density at radius 1 is 1.11 bits per heavy atom. The normalized spacial score (nSPS) is 11.0. The van der Waals surface area contributed by atoms with Crippen molar-refractivity contribution in [3.8, 4) is 0 Å². The third kappa shape index (κ3) is 9.93. The molecule has 0 saturated heterocycles. The molecular formula is C20H31N9O6. The van der Waals surface area contributed by atoms with Gasteiger partial charge in [0, 0.05) is 25.2 Å². The Balaban J connectivity index is 3.09. The first-order chi connectivity index (χ1) is 16.5. The predicted octanol–water partition coefficient (Wildman–Crippen LogP) is -1.80. The second-order valence-corrected chi connectivity index (χ2v) is 7.41. The van der Waals surface area contributed by atoms with Crippen LogP contribution in [0.25, 0.3) is 0 Å². The first kappa shape index (κ1) is 28.6. The molecule has 0 spiro atoms. The lowest BCUT2D eigenvalue weighted by Gasteiger charge is -2.20. The van der Waals surface area contributed by atoms with E-state index >= 15 is 0 Å². The molecule has 0 unspecified atom stereocenters. The Labute approximate surface area is 201 Å². The zero-order chi connectivity index (χ0) is 26.5. The van der Waals surface area contributed by atoms with Crippen molar-refractivity contribution in [1.29, 1.82) is 0 Å². The molecule has 1 aromatic rings. The molecule has 15 nitrogen and oxygen atoms in total. The number of nitrogens with zero attached hydrogens (tertiary/aromatic N) is 2. The number of aryl methyl sites for hydroxylation is 1. The number of nitrogens with two attached hydrogens (primary N) is 3. The zero-order valence-electron chi connectivity index (χ0n) is 19.6. The highest BCUT2D eigenvalue weighted by atomic mass is 16.6. The quantitative estimate of drug-likeness (QED) is 0.0507. The van der Waals surface area contributed by atoms with Crippen LogP contribution in [-0.2, 0) is 14.4 Å². The molecule has 10 N–H and O–H groups in total. The monoisotopic (exact) mass is 493 g/mol. The van der Waals surface area contributed by atoms with Gasteiger partial charge in [0.05, 0.1) is 29.3 Å². The average molecular weight is 494 g/mol. The van der Waals surface area contributed by atoms with E-state index in [1.54, 1.807) is 13.8 Å². The van der Waals surface area contributed by atoms with E-state index in [0.717, 1.165) is 6.07 Å². The molecule has 0 fully saturated rings. The van der Waals surface area contributed by atoms with Crippen molar-refractivity contribution in [2.24, 2.45) is 22.2 Å². The Kier molecular flexibility index (Phi) is 11.4. The minimum atomic E-state index is -1.12. The highest BCUT2D eigenvalue weighted by Crippen LogP contribution is 2.27. The topological polar surface area (TPSA) is 250 Å². The van der Waals surface area contributed by atoms with Gasteiger partial charge < -0.3 is 38.5 Å². The summed E-state index contributed by atoms with van der Waals surface area (Å²) in [6.07, 6.45) is 0.403. The van der Waals surface area contributed by atoms with E-state index in [1.807, 2.05) is 0 Å². The van der Waals surface area contributed by atoms with Crippen molar-refractivity contribution in [2.75, 3.05) is 31.5 Å². The molecule has 1 rings (SSSR count). The van der Waals surface area contributed by atoms with Crippen molar-refractivity contribution >= 4 is 41.0 Å². The van der Waals surface area contributed by atoms with Gasteiger partial charge in [-0.05, 0) is 32.3 Å². The molecule has 0 aliphatic rings. The van der Waals surface area contributed by atoms with Crippen molar-refractivity contribution in [1.82, 2.24) is 16.0 Å². The number of hydrogen-bond acceptors (Lipinski definition) is 8. The number of nitro groups is 1. The minimum absolute atomic E-state index is 0.0141. The van der Waals surface area contributed by atoms with Crippen LogP contribution in [0.4, 0.5) is 11.4 Å². The van der Waals surface area contributed by atoms with Crippen LogP contribution in [0.3, 0.4) is 0 Å². The fourth-order valence-electron chi connectivity index (χ4n) is 3.01. The number of aliphatic imine (C=N–C) groups is 1. The van der Waals surface area contributed by atoms with Crippen LogP contribution < -0.4 is 38.5 Å². The maximum Gasteiger partial charge on any atom is 0.270 e. The smallest absolute Gasteiger partial charge is 0.270 e. The van der Waals surface area contributed by atoms with E-state index in [0.29, 0.717) is 24.2 Å². The van der Waals surface area contributed by atoms with Crippen LogP contribution in [0.5, 0.6) is 0 Å². The molecule has 4 amide bonds. The fraction of sp³-hybridized carbons (Fsp3) is 0.450. The number of anilines is 1. The Morgan fingerprint density at radius 2 is 1.80 bits per heavy atom. The number of nitrogens with one attached hydrogen (secondary N) is 4. The van der Waals surface area contributed by atoms with E-state index < -0.39 is 47.7 Å². The number of carbonyl (C=O) groups excluding carboxylic acids is 4. The second-order valence-electron chi connectivity index (χ2n) is 7.41. The predicted molar refractivity (Wildman–Crippen MR) is 128 cm³/mol. The standard InChI is InChI=1S/C20H31N9O6/c1-3-24-17-11(2)7-12(29(34)35)8-13(17)18(32)28-14(5-4-6-25-20(22)23)19(33)27-10-16(31)26-9-15(21)30/h7-8,14,24H,3-6,9-10H2,1-2H3,(H2,21,30)(H,26,31)(H,27,33)(H,28,32)(H4,22,23,25)/t14-/m0/s1. The number of amides is 4. The molecule has 0 aliphatic heterocycles. The molecular weight excluding hydrogens is 462 g/mol. The SMILES string of the molecule is CCNc1c(C)cc([N+](=O)[O-])cc1C(=O)N[C@@H](CCCN=C(N)N)C(=O)NCC(=O)NCC(N)=O. The number of rotatable bonds is 14. The highest BCUT2D eigenvalue weighted by Gasteiger charge is 2.25. The molecule has 0 saturated carbocycles. The average Bonchev–Trinajstić information content (AvgIpc) is 2.78. The molecule has 1 atom stereocenters. The minimum Gasteiger partial charge on any atom is -0.384 e. The van der Waals surface area contributed by atoms with E-state index in [-0.39, 0.29) is 30.2 Å². The summed E-state index contributed by atoms with van der Waals surface area (Å²) >= 11 is 0. The van der Waals surface area contributed by atoms with Gasteiger partial charge in [-0.15, -0.1) is 0 Å². The van der Waals surface area contributed by atoms with Crippen molar-refractivity contribution in [3.63, 3.8) is 0 Å². The summed E-state index contributed by atoms with van der Waals surface area (Å²) in [5.74, 6) is -2.97. The Morgan fingerprint density at radius 3 is 2.37 bits per heavy atom. The molecule has 0 bridgehead atoms. The van der Waals surface area contributed by atoms with Gasteiger partial charge in [0.2, 0.25) is 17.7 Å². The maximum atomic E-state index is 13.1. The van der Waals surface area contributed by atoms with E-state index in [1.165, 1.54) is 6.07 Å². The number of hydrogen-bond donors (Lipinski definition) is 7. The number of guanidine groups is 1. The Bertz CT molecular complexity index is 992. The van der Waals surface area contributed by atoms with Gasteiger partial charge in [0.25, 0.3) is 11.6 Å².